The molecule has 2 nitrogen and oxygen atoms in total. The molecule has 2 N–H and O–H groups in total. The molecule has 0 radical (unpaired) electrons. The Morgan fingerprint density at radius 3 is 2.87 bits per heavy atom. The maximum absolute atomic E-state index is 5.64. The highest BCUT2D eigenvalue weighted by molar-refractivity contribution is 5.85. The molecule has 84 valence electrons. The minimum absolute atomic E-state index is 0. The highest BCUT2D eigenvalue weighted by Crippen LogP contribution is 2.27. The number of halogens is 1. The summed E-state index contributed by atoms with van der Waals surface area (Å²) in [5.74, 6) is 0. The third-order valence-corrected chi connectivity index (χ3v) is 2.98. The summed E-state index contributed by atoms with van der Waals surface area (Å²) in [5.41, 5.74) is 9.77. The first-order valence-corrected chi connectivity index (χ1v) is 5.42. The van der Waals surface area contributed by atoms with Gasteiger partial charge in [0.15, 0.2) is 0 Å². The number of hydrogen-bond donors (Lipinski definition) is 1. The van der Waals surface area contributed by atoms with E-state index in [-0.39, 0.29) is 12.4 Å². The molecule has 0 unspecified atom stereocenters. The summed E-state index contributed by atoms with van der Waals surface area (Å²) >= 11 is 0. The topological polar surface area (TPSA) is 29.3 Å². The molecule has 3 heteroatoms. The van der Waals surface area contributed by atoms with Gasteiger partial charge in [-0.1, -0.05) is 12.1 Å². The summed E-state index contributed by atoms with van der Waals surface area (Å²) in [7, 11) is 0. The molecule has 1 aromatic rings. The minimum Gasteiger partial charge on any atom is -0.372 e. The van der Waals surface area contributed by atoms with Crippen molar-refractivity contribution in [3.8, 4) is 0 Å². The van der Waals surface area contributed by atoms with Gasteiger partial charge in [0.25, 0.3) is 0 Å². The Kier molecular flexibility index (Phi) is 4.43. The maximum Gasteiger partial charge on any atom is 0.0398 e. The van der Waals surface area contributed by atoms with Gasteiger partial charge in [0.05, 0.1) is 0 Å². The van der Waals surface area contributed by atoms with Crippen molar-refractivity contribution in [1.82, 2.24) is 0 Å². The number of rotatable bonds is 2. The lowest BCUT2D eigenvalue weighted by Gasteiger charge is -2.30. The second kappa shape index (κ2) is 5.38. The number of nitrogens with two attached hydrogens (primary N) is 1. The molecular weight excluding hydrogens is 208 g/mol. The Hall–Kier alpha value is -0.730. The van der Waals surface area contributed by atoms with Crippen molar-refractivity contribution in [3.63, 3.8) is 0 Å². The number of nitrogens with zero attached hydrogens (tertiary/aromatic N) is 1. The van der Waals surface area contributed by atoms with Gasteiger partial charge in [-0.25, -0.2) is 0 Å². The monoisotopic (exact) mass is 226 g/mol. The van der Waals surface area contributed by atoms with Crippen molar-refractivity contribution in [1.29, 1.82) is 0 Å². The second-order valence-electron chi connectivity index (χ2n) is 3.85. The van der Waals surface area contributed by atoms with Crippen LogP contribution >= 0.6 is 12.4 Å². The van der Waals surface area contributed by atoms with E-state index in [0.717, 1.165) is 6.54 Å². The predicted molar refractivity (Wildman–Crippen MR) is 67.8 cm³/mol. The van der Waals surface area contributed by atoms with Gasteiger partial charge in [-0.15, -0.1) is 12.4 Å². The third-order valence-electron chi connectivity index (χ3n) is 2.98. The molecule has 0 bridgehead atoms. The standard InChI is InChI=1S/C12H18N2.ClH/c1-2-14-7-3-4-11-8-10(9-13)5-6-12(11)14;/h5-6,8H,2-4,7,9,13H2,1H3;1H. The van der Waals surface area contributed by atoms with Crippen LogP contribution in [-0.4, -0.2) is 13.1 Å². The van der Waals surface area contributed by atoms with Crippen LogP contribution in [0.5, 0.6) is 0 Å². The van der Waals surface area contributed by atoms with E-state index in [9.17, 15) is 0 Å². The van der Waals surface area contributed by atoms with E-state index in [1.807, 2.05) is 0 Å². The number of benzene rings is 1. The Bertz CT molecular complexity index is 325. The highest BCUT2D eigenvalue weighted by Gasteiger charge is 2.14. The van der Waals surface area contributed by atoms with Crippen molar-refractivity contribution < 1.29 is 0 Å². The van der Waals surface area contributed by atoms with Gasteiger partial charge in [-0.3, -0.25) is 0 Å². The van der Waals surface area contributed by atoms with Gasteiger partial charge in [0.1, 0.15) is 0 Å². The molecule has 0 aliphatic carbocycles. The largest absolute Gasteiger partial charge is 0.372 e. The van der Waals surface area contributed by atoms with Crippen LogP contribution in [0.25, 0.3) is 0 Å². The lowest BCUT2D eigenvalue weighted by molar-refractivity contribution is 0.706. The third kappa shape index (κ3) is 2.44. The molecule has 0 saturated carbocycles. The molecule has 0 fully saturated rings. The SMILES string of the molecule is CCN1CCCc2cc(CN)ccc21.Cl. The van der Waals surface area contributed by atoms with E-state index in [1.54, 1.807) is 0 Å². The molecule has 1 aromatic carbocycles. The molecule has 0 spiro atoms. The summed E-state index contributed by atoms with van der Waals surface area (Å²) in [6.45, 7) is 5.17. The van der Waals surface area contributed by atoms with Crippen LogP contribution in [0.15, 0.2) is 18.2 Å². The summed E-state index contributed by atoms with van der Waals surface area (Å²) in [4.78, 5) is 2.44. The lowest BCUT2D eigenvalue weighted by Crippen LogP contribution is -2.28. The first-order chi connectivity index (χ1) is 6.85. The Labute approximate surface area is 97.9 Å². The molecular formula is C12H19ClN2. The van der Waals surface area contributed by atoms with Gasteiger partial charge >= 0.3 is 0 Å². The van der Waals surface area contributed by atoms with E-state index in [4.69, 9.17) is 5.73 Å². The van der Waals surface area contributed by atoms with Crippen molar-refractivity contribution in [2.75, 3.05) is 18.0 Å². The molecule has 0 aromatic heterocycles. The Balaban J connectivity index is 0.00000112. The average Bonchev–Trinajstić information content (AvgIpc) is 2.27. The van der Waals surface area contributed by atoms with Crippen LogP contribution in [0, 0.1) is 0 Å². The van der Waals surface area contributed by atoms with Crippen LogP contribution in [-0.2, 0) is 13.0 Å². The first-order valence-electron chi connectivity index (χ1n) is 5.42. The fourth-order valence-corrected chi connectivity index (χ4v) is 2.18. The second-order valence-corrected chi connectivity index (χ2v) is 3.85. The zero-order valence-electron chi connectivity index (χ0n) is 9.20. The minimum atomic E-state index is 0. The fourth-order valence-electron chi connectivity index (χ4n) is 2.18. The van der Waals surface area contributed by atoms with Crippen molar-refractivity contribution in [2.24, 2.45) is 5.73 Å². The number of anilines is 1. The highest BCUT2D eigenvalue weighted by atomic mass is 35.5. The Morgan fingerprint density at radius 1 is 1.40 bits per heavy atom. The molecule has 0 amide bonds. The molecule has 1 aliphatic heterocycles. The van der Waals surface area contributed by atoms with E-state index < -0.39 is 0 Å². The number of aryl methyl sites for hydroxylation is 1. The normalized spacial score (nSPS) is 14.4. The van der Waals surface area contributed by atoms with E-state index in [2.05, 4.69) is 30.0 Å². The molecule has 2 rings (SSSR count). The van der Waals surface area contributed by atoms with Crippen molar-refractivity contribution in [2.45, 2.75) is 26.3 Å². The van der Waals surface area contributed by atoms with Crippen LogP contribution in [0.2, 0.25) is 0 Å². The van der Waals surface area contributed by atoms with Gasteiger partial charge in [0, 0.05) is 25.3 Å². The van der Waals surface area contributed by atoms with E-state index in [0.29, 0.717) is 6.54 Å². The van der Waals surface area contributed by atoms with Crippen LogP contribution in [0.4, 0.5) is 5.69 Å². The number of hydrogen-bond acceptors (Lipinski definition) is 2. The number of fused-ring (bicyclic) bond motifs is 1. The molecule has 1 heterocycles. The Morgan fingerprint density at radius 2 is 2.20 bits per heavy atom. The summed E-state index contributed by atoms with van der Waals surface area (Å²) in [6, 6.07) is 6.63. The van der Waals surface area contributed by atoms with E-state index >= 15 is 0 Å². The zero-order chi connectivity index (χ0) is 9.97. The van der Waals surface area contributed by atoms with Gasteiger partial charge < -0.3 is 10.6 Å². The first kappa shape index (κ1) is 12.3. The summed E-state index contributed by atoms with van der Waals surface area (Å²) in [5, 5.41) is 0. The van der Waals surface area contributed by atoms with Crippen LogP contribution in [0.3, 0.4) is 0 Å². The zero-order valence-corrected chi connectivity index (χ0v) is 10.0. The smallest absolute Gasteiger partial charge is 0.0398 e. The predicted octanol–water partition coefficient (Wildman–Crippen LogP) is 2.34. The quantitative estimate of drug-likeness (QED) is 0.839. The molecule has 0 atom stereocenters. The van der Waals surface area contributed by atoms with Crippen molar-refractivity contribution >= 4 is 18.1 Å². The van der Waals surface area contributed by atoms with Crippen LogP contribution in [0.1, 0.15) is 24.5 Å². The average molecular weight is 227 g/mol. The van der Waals surface area contributed by atoms with Gasteiger partial charge in [0.2, 0.25) is 0 Å². The summed E-state index contributed by atoms with van der Waals surface area (Å²) in [6.07, 6.45) is 2.48. The molecule has 1 aliphatic rings. The molecule has 0 saturated heterocycles. The van der Waals surface area contributed by atoms with Crippen LogP contribution < -0.4 is 10.6 Å². The van der Waals surface area contributed by atoms with Gasteiger partial charge in [-0.05, 0) is 37.0 Å². The lowest BCUT2D eigenvalue weighted by atomic mass is 9.99. The van der Waals surface area contributed by atoms with Gasteiger partial charge in [-0.2, -0.15) is 0 Å². The maximum atomic E-state index is 5.64. The fraction of sp³-hybridized carbons (Fsp3) is 0.500. The summed E-state index contributed by atoms with van der Waals surface area (Å²) < 4.78 is 0. The van der Waals surface area contributed by atoms with Crippen molar-refractivity contribution in [3.05, 3.63) is 29.3 Å². The van der Waals surface area contributed by atoms with E-state index in [1.165, 1.54) is 36.2 Å². The molecule has 15 heavy (non-hydrogen) atoms.